The van der Waals surface area contributed by atoms with Crippen molar-refractivity contribution < 1.29 is 4.74 Å². The minimum Gasteiger partial charge on any atom is -0.491 e. The third kappa shape index (κ3) is 4.65. The summed E-state index contributed by atoms with van der Waals surface area (Å²) in [6, 6.07) is 9.47. The molecule has 0 aromatic heterocycles. The molecule has 1 saturated heterocycles. The zero-order valence-corrected chi connectivity index (χ0v) is 14.8. The van der Waals surface area contributed by atoms with Crippen LogP contribution in [0, 0.1) is 5.41 Å². The molecule has 0 bridgehead atoms. The summed E-state index contributed by atoms with van der Waals surface area (Å²) in [6.07, 6.45) is 1.52. The van der Waals surface area contributed by atoms with Crippen LogP contribution in [0.4, 0.5) is 0 Å². The smallest absolute Gasteiger partial charge is 0.119 e. The van der Waals surface area contributed by atoms with Crippen LogP contribution in [0.15, 0.2) is 24.3 Å². The first-order valence-corrected chi connectivity index (χ1v) is 9.14. The van der Waals surface area contributed by atoms with Crippen molar-refractivity contribution in [3.63, 3.8) is 0 Å². The van der Waals surface area contributed by atoms with Crippen LogP contribution < -0.4 is 10.1 Å². The Morgan fingerprint density at radius 2 is 1.86 bits per heavy atom. The van der Waals surface area contributed by atoms with Crippen LogP contribution in [0.3, 0.4) is 0 Å². The lowest BCUT2D eigenvalue weighted by molar-refractivity contribution is 0.231. The largest absolute Gasteiger partial charge is 0.491 e. The van der Waals surface area contributed by atoms with E-state index in [0.29, 0.717) is 17.5 Å². The third-order valence-electron chi connectivity index (χ3n) is 4.32. The number of hydrogen-bond donors (Lipinski definition) is 1. The van der Waals surface area contributed by atoms with Crippen molar-refractivity contribution >= 4 is 11.8 Å². The Balaban J connectivity index is 1.98. The second kappa shape index (κ2) is 7.06. The van der Waals surface area contributed by atoms with Crippen LogP contribution in [0.5, 0.6) is 5.75 Å². The topological polar surface area (TPSA) is 21.3 Å². The highest BCUT2D eigenvalue weighted by atomic mass is 32.2. The molecule has 1 N–H and O–H groups in total. The Morgan fingerprint density at radius 1 is 1.19 bits per heavy atom. The second-order valence-corrected chi connectivity index (χ2v) is 8.14. The van der Waals surface area contributed by atoms with E-state index in [1.807, 2.05) is 0 Å². The molecular formula is C18H29NOS. The first-order chi connectivity index (χ1) is 9.88. The van der Waals surface area contributed by atoms with Gasteiger partial charge in [-0.15, -0.1) is 0 Å². The van der Waals surface area contributed by atoms with Crippen molar-refractivity contribution in [3.05, 3.63) is 29.8 Å². The van der Waals surface area contributed by atoms with Crippen LogP contribution in [0.25, 0.3) is 0 Å². The number of nitrogens with one attached hydrogen (secondary N) is 1. The van der Waals surface area contributed by atoms with Gasteiger partial charge in [-0.3, -0.25) is 0 Å². The highest BCUT2D eigenvalue weighted by Crippen LogP contribution is 2.35. The zero-order chi connectivity index (χ0) is 15.5. The van der Waals surface area contributed by atoms with Gasteiger partial charge in [-0.1, -0.05) is 26.0 Å². The van der Waals surface area contributed by atoms with E-state index < -0.39 is 0 Å². The molecule has 0 spiro atoms. The van der Waals surface area contributed by atoms with Gasteiger partial charge in [0, 0.05) is 17.8 Å². The summed E-state index contributed by atoms with van der Waals surface area (Å²) >= 11 is 2.07. The number of benzene rings is 1. The van der Waals surface area contributed by atoms with Gasteiger partial charge in [0.25, 0.3) is 0 Å². The molecule has 2 unspecified atom stereocenters. The second-order valence-electron chi connectivity index (χ2n) is 6.99. The maximum Gasteiger partial charge on any atom is 0.119 e. The van der Waals surface area contributed by atoms with Gasteiger partial charge in [0.1, 0.15) is 5.75 Å². The molecule has 2 atom stereocenters. The van der Waals surface area contributed by atoms with E-state index in [1.165, 1.54) is 23.5 Å². The van der Waals surface area contributed by atoms with Gasteiger partial charge in [0.2, 0.25) is 0 Å². The fourth-order valence-corrected chi connectivity index (χ4v) is 4.34. The zero-order valence-electron chi connectivity index (χ0n) is 14.0. The lowest BCUT2D eigenvalue weighted by Crippen LogP contribution is -2.47. The number of ether oxygens (including phenoxy) is 1. The van der Waals surface area contributed by atoms with Gasteiger partial charge in [-0.05, 0) is 56.1 Å². The molecule has 2 rings (SSSR count). The minimum atomic E-state index is 0.228. The van der Waals surface area contributed by atoms with E-state index in [-0.39, 0.29) is 6.10 Å². The van der Waals surface area contributed by atoms with Crippen LogP contribution in [-0.2, 0) is 0 Å². The van der Waals surface area contributed by atoms with E-state index in [9.17, 15) is 0 Å². The fourth-order valence-electron chi connectivity index (χ4n) is 2.72. The molecular weight excluding hydrogens is 278 g/mol. The van der Waals surface area contributed by atoms with Crippen molar-refractivity contribution in [2.45, 2.75) is 59.2 Å². The normalized spacial score (nSPS) is 23.0. The summed E-state index contributed by atoms with van der Waals surface area (Å²) in [6.45, 7) is 11.1. The molecule has 0 saturated carbocycles. The Hall–Kier alpha value is -0.670. The first-order valence-electron chi connectivity index (χ1n) is 7.99. The molecule has 3 heteroatoms. The van der Waals surface area contributed by atoms with Crippen LogP contribution in [0.2, 0.25) is 0 Å². The maximum atomic E-state index is 5.71. The van der Waals surface area contributed by atoms with Gasteiger partial charge in [-0.2, -0.15) is 11.8 Å². The molecule has 1 aliphatic heterocycles. The average Bonchev–Trinajstić information content (AvgIpc) is 2.41. The standard InChI is InChI=1S/C18H29NOS/c1-13(2)20-16-8-6-15(7-9-16)14(3)19-17-12-21-11-10-18(17,4)5/h6-9,13-14,17,19H,10-12H2,1-5H3. The van der Waals surface area contributed by atoms with Crippen molar-refractivity contribution in [2.75, 3.05) is 11.5 Å². The Morgan fingerprint density at radius 3 is 2.43 bits per heavy atom. The number of rotatable bonds is 5. The van der Waals surface area contributed by atoms with Crippen LogP contribution >= 0.6 is 11.8 Å². The summed E-state index contributed by atoms with van der Waals surface area (Å²) in [4.78, 5) is 0. The quantitative estimate of drug-likeness (QED) is 0.855. The molecule has 2 nitrogen and oxygen atoms in total. The Kier molecular flexibility index (Phi) is 5.61. The number of hydrogen-bond acceptors (Lipinski definition) is 3. The highest BCUT2D eigenvalue weighted by Gasteiger charge is 2.33. The molecule has 0 amide bonds. The number of thioether (sulfide) groups is 1. The van der Waals surface area contributed by atoms with Crippen molar-refractivity contribution in [1.82, 2.24) is 5.32 Å². The molecule has 21 heavy (non-hydrogen) atoms. The highest BCUT2D eigenvalue weighted by molar-refractivity contribution is 7.99. The van der Waals surface area contributed by atoms with Gasteiger partial charge in [0.05, 0.1) is 6.10 Å². The summed E-state index contributed by atoms with van der Waals surface area (Å²) in [5, 5.41) is 3.82. The molecule has 0 radical (unpaired) electrons. The van der Waals surface area contributed by atoms with E-state index in [4.69, 9.17) is 4.74 Å². The first kappa shape index (κ1) is 16.7. The predicted octanol–water partition coefficient (Wildman–Crippen LogP) is 4.66. The lowest BCUT2D eigenvalue weighted by Gasteiger charge is -2.40. The SMILES string of the molecule is CC(C)Oc1ccc(C(C)NC2CSCCC2(C)C)cc1. The lowest BCUT2D eigenvalue weighted by atomic mass is 9.81. The summed E-state index contributed by atoms with van der Waals surface area (Å²) in [5.41, 5.74) is 1.72. The molecule has 118 valence electrons. The minimum absolute atomic E-state index is 0.228. The fraction of sp³-hybridized carbons (Fsp3) is 0.667. The van der Waals surface area contributed by atoms with Crippen molar-refractivity contribution in [2.24, 2.45) is 5.41 Å². The van der Waals surface area contributed by atoms with Gasteiger partial charge < -0.3 is 10.1 Å². The van der Waals surface area contributed by atoms with E-state index >= 15 is 0 Å². The molecule has 0 aliphatic carbocycles. The average molecular weight is 308 g/mol. The maximum absolute atomic E-state index is 5.71. The summed E-state index contributed by atoms with van der Waals surface area (Å²) in [5.74, 6) is 3.46. The van der Waals surface area contributed by atoms with Crippen LogP contribution in [0.1, 0.15) is 52.6 Å². The summed E-state index contributed by atoms with van der Waals surface area (Å²) < 4.78 is 5.71. The van der Waals surface area contributed by atoms with E-state index in [0.717, 1.165) is 5.75 Å². The molecule has 1 aliphatic rings. The molecule has 1 heterocycles. The summed E-state index contributed by atoms with van der Waals surface area (Å²) in [7, 11) is 0. The third-order valence-corrected chi connectivity index (χ3v) is 5.38. The monoisotopic (exact) mass is 307 g/mol. The van der Waals surface area contributed by atoms with E-state index in [1.54, 1.807) is 0 Å². The van der Waals surface area contributed by atoms with Gasteiger partial charge in [0.15, 0.2) is 0 Å². The van der Waals surface area contributed by atoms with Crippen molar-refractivity contribution in [3.8, 4) is 5.75 Å². The van der Waals surface area contributed by atoms with E-state index in [2.05, 4.69) is 76.0 Å². The molecule has 1 fully saturated rings. The van der Waals surface area contributed by atoms with Gasteiger partial charge >= 0.3 is 0 Å². The van der Waals surface area contributed by atoms with Crippen LogP contribution in [-0.4, -0.2) is 23.7 Å². The predicted molar refractivity (Wildman–Crippen MR) is 93.3 cm³/mol. The molecule has 1 aromatic carbocycles. The van der Waals surface area contributed by atoms with Gasteiger partial charge in [-0.25, -0.2) is 0 Å². The Labute approximate surface area is 134 Å². The van der Waals surface area contributed by atoms with Crippen molar-refractivity contribution in [1.29, 1.82) is 0 Å². The molecule has 1 aromatic rings. The Bertz CT molecular complexity index is 441.